The summed E-state index contributed by atoms with van der Waals surface area (Å²) in [5.41, 5.74) is 2.18. The van der Waals surface area contributed by atoms with E-state index < -0.39 is 11.9 Å². The Kier molecular flexibility index (Phi) is 6.91. The minimum absolute atomic E-state index is 0.00371. The third-order valence-corrected chi connectivity index (χ3v) is 4.76. The highest BCUT2D eigenvalue weighted by Gasteiger charge is 2.15. The summed E-state index contributed by atoms with van der Waals surface area (Å²) in [6.45, 7) is 6.51. The van der Waals surface area contributed by atoms with Crippen LogP contribution in [0, 0.1) is 11.3 Å². The van der Waals surface area contributed by atoms with Crippen LogP contribution in [0.1, 0.15) is 48.0 Å². The Hall–Kier alpha value is -4.11. The third kappa shape index (κ3) is 5.96. The van der Waals surface area contributed by atoms with Crippen molar-refractivity contribution in [3.8, 4) is 11.8 Å². The van der Waals surface area contributed by atoms with Crippen LogP contribution >= 0.6 is 0 Å². The van der Waals surface area contributed by atoms with Gasteiger partial charge in [0.1, 0.15) is 23.2 Å². The molecule has 3 rings (SSSR count). The molecule has 0 aliphatic rings. The molecule has 1 heterocycles. The second-order valence-corrected chi connectivity index (χ2v) is 8.22. The molecule has 0 spiro atoms. The molecule has 0 bridgehead atoms. The molecule has 2 aromatic carbocycles. The zero-order valence-electron chi connectivity index (χ0n) is 18.2. The van der Waals surface area contributed by atoms with Crippen LogP contribution in [0.2, 0.25) is 0 Å². The summed E-state index contributed by atoms with van der Waals surface area (Å²) in [6.07, 6.45) is 2.98. The Balaban J connectivity index is 1.62. The number of carbonyl (C=O) groups excluding carboxylic acids is 2. The van der Waals surface area contributed by atoms with Crippen molar-refractivity contribution in [2.24, 2.45) is 0 Å². The summed E-state index contributed by atoms with van der Waals surface area (Å²) in [5.74, 6) is 0.00422. The first kappa shape index (κ1) is 22.6. The van der Waals surface area contributed by atoms with E-state index in [0.29, 0.717) is 22.6 Å². The number of esters is 1. The number of benzene rings is 2. The van der Waals surface area contributed by atoms with E-state index in [2.05, 4.69) is 26.1 Å². The molecule has 0 saturated carbocycles. The number of hydrogen-bond acceptors (Lipinski definition) is 5. The number of furan rings is 1. The first-order valence-electron chi connectivity index (χ1n) is 10.1. The number of nitrogens with one attached hydrogen (secondary N) is 1. The van der Waals surface area contributed by atoms with E-state index in [1.165, 1.54) is 12.3 Å². The van der Waals surface area contributed by atoms with Gasteiger partial charge in [0.25, 0.3) is 5.91 Å². The lowest BCUT2D eigenvalue weighted by atomic mass is 9.87. The molecule has 0 fully saturated rings. The van der Waals surface area contributed by atoms with Crippen LogP contribution in [0.15, 0.2) is 76.9 Å². The van der Waals surface area contributed by atoms with Gasteiger partial charge in [-0.05, 0) is 59.0 Å². The molecule has 0 aliphatic heterocycles. The lowest BCUT2D eigenvalue weighted by molar-refractivity contribution is -0.117. The van der Waals surface area contributed by atoms with E-state index in [9.17, 15) is 14.9 Å². The molecule has 1 N–H and O–H groups in total. The standard InChI is InChI=1S/C26H24N2O4/c1-26(2,3)21-10-8-19(9-11-21)25(30)32-22-12-6-18(7-13-22)15-20(16-27)24(29)28-17-23-5-4-14-31-23/h4-15H,17H2,1-3H3,(H,28,29)/b20-15+. The maximum absolute atomic E-state index is 12.4. The van der Waals surface area contributed by atoms with Crippen molar-refractivity contribution < 1.29 is 18.7 Å². The van der Waals surface area contributed by atoms with E-state index in [0.717, 1.165) is 5.56 Å². The predicted molar refractivity (Wildman–Crippen MR) is 121 cm³/mol. The average molecular weight is 428 g/mol. The highest BCUT2D eigenvalue weighted by molar-refractivity contribution is 6.01. The van der Waals surface area contributed by atoms with Gasteiger partial charge in [-0.25, -0.2) is 4.79 Å². The van der Waals surface area contributed by atoms with Crippen LogP contribution < -0.4 is 10.1 Å². The number of ether oxygens (including phenoxy) is 1. The van der Waals surface area contributed by atoms with Gasteiger partial charge >= 0.3 is 5.97 Å². The Morgan fingerprint density at radius 3 is 2.31 bits per heavy atom. The number of nitrogens with zero attached hydrogens (tertiary/aromatic N) is 1. The maximum atomic E-state index is 12.4. The molecule has 1 aromatic heterocycles. The lowest BCUT2D eigenvalue weighted by Crippen LogP contribution is -2.23. The second kappa shape index (κ2) is 9.80. The number of rotatable bonds is 6. The maximum Gasteiger partial charge on any atom is 0.343 e. The molecule has 6 heteroatoms. The van der Waals surface area contributed by atoms with Crippen molar-refractivity contribution in [2.45, 2.75) is 32.7 Å². The van der Waals surface area contributed by atoms with Crippen LogP contribution in [0.5, 0.6) is 5.75 Å². The van der Waals surface area contributed by atoms with Gasteiger partial charge in [0.05, 0.1) is 18.4 Å². The molecule has 162 valence electrons. The summed E-state index contributed by atoms with van der Waals surface area (Å²) in [4.78, 5) is 24.6. The predicted octanol–water partition coefficient (Wildman–Crippen LogP) is 5.02. The van der Waals surface area contributed by atoms with Crippen molar-refractivity contribution >= 4 is 18.0 Å². The molecular formula is C26H24N2O4. The van der Waals surface area contributed by atoms with Crippen LogP contribution in [-0.2, 0) is 16.8 Å². The zero-order valence-corrected chi connectivity index (χ0v) is 18.2. The van der Waals surface area contributed by atoms with Crippen LogP contribution in [0.3, 0.4) is 0 Å². The molecule has 0 radical (unpaired) electrons. The zero-order chi connectivity index (χ0) is 23.1. The number of nitriles is 1. The fourth-order valence-electron chi connectivity index (χ4n) is 2.90. The van der Waals surface area contributed by atoms with E-state index >= 15 is 0 Å². The SMILES string of the molecule is CC(C)(C)c1ccc(C(=O)Oc2ccc(/C=C(\C#N)C(=O)NCc3ccco3)cc2)cc1. The van der Waals surface area contributed by atoms with Crippen molar-refractivity contribution in [1.82, 2.24) is 5.32 Å². The van der Waals surface area contributed by atoms with E-state index in [4.69, 9.17) is 9.15 Å². The van der Waals surface area contributed by atoms with Gasteiger partial charge in [0, 0.05) is 0 Å². The number of carbonyl (C=O) groups is 2. The number of hydrogen-bond donors (Lipinski definition) is 1. The van der Waals surface area contributed by atoms with Crippen molar-refractivity contribution in [3.05, 3.63) is 95.0 Å². The normalized spacial score (nSPS) is 11.5. The topological polar surface area (TPSA) is 92.3 Å². The molecule has 3 aromatic rings. The first-order chi connectivity index (χ1) is 15.3. The van der Waals surface area contributed by atoms with Gasteiger partial charge in [0.15, 0.2) is 0 Å². The summed E-state index contributed by atoms with van der Waals surface area (Å²) in [7, 11) is 0. The van der Waals surface area contributed by atoms with Crippen LogP contribution in [0.4, 0.5) is 0 Å². The highest BCUT2D eigenvalue weighted by atomic mass is 16.5. The van der Waals surface area contributed by atoms with E-state index in [1.807, 2.05) is 18.2 Å². The Morgan fingerprint density at radius 1 is 1.06 bits per heavy atom. The minimum Gasteiger partial charge on any atom is -0.467 e. The fraction of sp³-hybridized carbons (Fsp3) is 0.192. The van der Waals surface area contributed by atoms with Gasteiger partial charge in [-0.3, -0.25) is 4.79 Å². The average Bonchev–Trinajstić information content (AvgIpc) is 3.30. The Labute approximate surface area is 187 Å². The molecule has 0 atom stereocenters. The Morgan fingerprint density at radius 2 is 1.75 bits per heavy atom. The summed E-state index contributed by atoms with van der Waals surface area (Å²) >= 11 is 0. The van der Waals surface area contributed by atoms with Gasteiger partial charge < -0.3 is 14.5 Å². The largest absolute Gasteiger partial charge is 0.467 e. The second-order valence-electron chi connectivity index (χ2n) is 8.22. The molecule has 6 nitrogen and oxygen atoms in total. The first-order valence-corrected chi connectivity index (χ1v) is 10.1. The van der Waals surface area contributed by atoms with Crippen LogP contribution in [-0.4, -0.2) is 11.9 Å². The van der Waals surface area contributed by atoms with E-state index in [-0.39, 0.29) is 17.5 Å². The lowest BCUT2D eigenvalue weighted by Gasteiger charge is -2.18. The summed E-state index contributed by atoms with van der Waals surface area (Å²) in [6, 6.07) is 19.3. The van der Waals surface area contributed by atoms with Crippen molar-refractivity contribution in [3.63, 3.8) is 0 Å². The molecule has 32 heavy (non-hydrogen) atoms. The quantitative estimate of drug-likeness (QED) is 0.258. The van der Waals surface area contributed by atoms with Crippen LogP contribution in [0.25, 0.3) is 6.08 Å². The van der Waals surface area contributed by atoms with Gasteiger partial charge in [-0.1, -0.05) is 45.0 Å². The van der Waals surface area contributed by atoms with Gasteiger partial charge in [-0.15, -0.1) is 0 Å². The molecule has 0 aliphatic carbocycles. The van der Waals surface area contributed by atoms with Gasteiger partial charge in [0.2, 0.25) is 0 Å². The van der Waals surface area contributed by atoms with Crippen molar-refractivity contribution in [2.75, 3.05) is 0 Å². The van der Waals surface area contributed by atoms with Gasteiger partial charge in [-0.2, -0.15) is 5.26 Å². The molecule has 0 unspecified atom stereocenters. The monoisotopic (exact) mass is 428 g/mol. The Bertz CT molecular complexity index is 1140. The van der Waals surface area contributed by atoms with E-state index in [1.54, 1.807) is 48.5 Å². The molecule has 0 saturated heterocycles. The van der Waals surface area contributed by atoms with Crippen molar-refractivity contribution in [1.29, 1.82) is 5.26 Å². The third-order valence-electron chi connectivity index (χ3n) is 4.76. The highest BCUT2D eigenvalue weighted by Crippen LogP contribution is 2.23. The minimum atomic E-state index is -0.502. The molecular weight excluding hydrogens is 404 g/mol. The number of amides is 1. The summed E-state index contributed by atoms with van der Waals surface area (Å²) in [5, 5.41) is 11.9. The fourth-order valence-corrected chi connectivity index (χ4v) is 2.90. The molecule has 1 amide bonds. The summed E-state index contributed by atoms with van der Waals surface area (Å²) < 4.78 is 10.6. The smallest absolute Gasteiger partial charge is 0.343 e.